The number of aliphatic hydroxyl groups excluding tert-OH is 2. The highest BCUT2D eigenvalue weighted by atomic mass is 16.6. The van der Waals surface area contributed by atoms with E-state index in [1.165, 1.54) is 24.3 Å². The van der Waals surface area contributed by atoms with Crippen LogP contribution in [0.4, 0.5) is 10.5 Å². The fourth-order valence-electron chi connectivity index (χ4n) is 1.66. The second-order valence-electron chi connectivity index (χ2n) is 4.17. The average Bonchev–Trinajstić information content (AvgIpc) is 2.42. The van der Waals surface area contributed by atoms with Crippen molar-refractivity contribution >= 4 is 11.8 Å². The Kier molecular flexibility index (Phi) is 5.88. The van der Waals surface area contributed by atoms with Crippen LogP contribution in [0, 0.1) is 10.1 Å². The third kappa shape index (κ3) is 4.48. The molecular weight excluding hydrogens is 268 g/mol. The van der Waals surface area contributed by atoms with E-state index in [-0.39, 0.29) is 31.8 Å². The SMILES string of the molecule is O=C(O)N(CCCO)CC(O)c1ccc([N+](=O)[O-])cc1. The van der Waals surface area contributed by atoms with E-state index < -0.39 is 17.1 Å². The molecule has 8 heteroatoms. The second-order valence-corrected chi connectivity index (χ2v) is 4.17. The first kappa shape index (κ1) is 15.9. The fraction of sp³-hybridized carbons (Fsp3) is 0.417. The van der Waals surface area contributed by atoms with Crippen LogP contribution < -0.4 is 0 Å². The van der Waals surface area contributed by atoms with E-state index in [1.807, 2.05) is 0 Å². The van der Waals surface area contributed by atoms with Gasteiger partial charge in [0, 0.05) is 25.3 Å². The van der Waals surface area contributed by atoms with Crippen LogP contribution >= 0.6 is 0 Å². The number of amides is 1. The standard InChI is InChI=1S/C12H16N2O6/c15-7-1-6-13(12(17)18)8-11(16)9-2-4-10(5-3-9)14(19)20/h2-5,11,15-16H,1,6-8H2,(H,17,18). The maximum absolute atomic E-state index is 11.0. The lowest BCUT2D eigenvalue weighted by Crippen LogP contribution is -2.34. The van der Waals surface area contributed by atoms with E-state index in [0.29, 0.717) is 5.56 Å². The van der Waals surface area contributed by atoms with Gasteiger partial charge in [-0.05, 0) is 24.1 Å². The highest BCUT2D eigenvalue weighted by Crippen LogP contribution is 2.18. The number of non-ortho nitro benzene ring substituents is 1. The van der Waals surface area contributed by atoms with Crippen molar-refractivity contribution in [3.63, 3.8) is 0 Å². The zero-order chi connectivity index (χ0) is 15.1. The van der Waals surface area contributed by atoms with E-state index >= 15 is 0 Å². The molecule has 20 heavy (non-hydrogen) atoms. The summed E-state index contributed by atoms with van der Waals surface area (Å²) in [6.45, 7) is -0.194. The van der Waals surface area contributed by atoms with Gasteiger partial charge in [-0.2, -0.15) is 0 Å². The minimum atomic E-state index is -1.19. The number of nitro benzene ring substituents is 1. The molecule has 0 aromatic heterocycles. The number of rotatable bonds is 7. The molecule has 110 valence electrons. The minimum Gasteiger partial charge on any atom is -0.465 e. The summed E-state index contributed by atoms with van der Waals surface area (Å²) in [6, 6.07) is 5.26. The van der Waals surface area contributed by atoms with Gasteiger partial charge in [0.15, 0.2) is 0 Å². The van der Waals surface area contributed by atoms with Gasteiger partial charge in [-0.25, -0.2) is 4.79 Å². The molecule has 0 saturated heterocycles. The minimum absolute atomic E-state index is 0.101. The van der Waals surface area contributed by atoms with Crippen LogP contribution in [-0.4, -0.2) is 50.9 Å². The molecule has 0 aliphatic rings. The predicted molar refractivity (Wildman–Crippen MR) is 69.4 cm³/mol. The molecule has 0 spiro atoms. The van der Waals surface area contributed by atoms with Gasteiger partial charge in [-0.3, -0.25) is 10.1 Å². The van der Waals surface area contributed by atoms with Gasteiger partial charge < -0.3 is 20.2 Å². The monoisotopic (exact) mass is 284 g/mol. The van der Waals surface area contributed by atoms with Crippen molar-refractivity contribution in [3.05, 3.63) is 39.9 Å². The lowest BCUT2D eigenvalue weighted by atomic mass is 10.1. The summed E-state index contributed by atoms with van der Waals surface area (Å²) in [6.07, 6.45) is -2.00. The van der Waals surface area contributed by atoms with Crippen LogP contribution in [-0.2, 0) is 0 Å². The summed E-state index contributed by atoms with van der Waals surface area (Å²) in [5, 5.41) is 38.1. The van der Waals surface area contributed by atoms with Crippen molar-refractivity contribution in [1.82, 2.24) is 4.90 Å². The van der Waals surface area contributed by atoms with E-state index in [0.717, 1.165) is 4.90 Å². The van der Waals surface area contributed by atoms with Crippen LogP contribution in [0.15, 0.2) is 24.3 Å². The molecule has 0 saturated carbocycles. The van der Waals surface area contributed by atoms with Crippen molar-refractivity contribution in [2.75, 3.05) is 19.7 Å². The second kappa shape index (κ2) is 7.41. The Labute approximate surface area is 115 Å². The molecule has 1 atom stereocenters. The number of carbonyl (C=O) groups is 1. The third-order valence-electron chi connectivity index (χ3n) is 2.74. The molecule has 1 aromatic rings. The van der Waals surface area contributed by atoms with Gasteiger partial charge in [-0.1, -0.05) is 0 Å². The number of hydrogen-bond donors (Lipinski definition) is 3. The maximum atomic E-state index is 11.0. The Hall–Kier alpha value is -2.19. The van der Waals surface area contributed by atoms with Crippen molar-refractivity contribution in [2.45, 2.75) is 12.5 Å². The Morgan fingerprint density at radius 2 is 1.95 bits per heavy atom. The van der Waals surface area contributed by atoms with Gasteiger partial charge in [0.05, 0.1) is 17.6 Å². The molecule has 1 aromatic carbocycles. The molecule has 0 aliphatic carbocycles. The molecule has 1 amide bonds. The van der Waals surface area contributed by atoms with Crippen LogP contribution in [0.3, 0.4) is 0 Å². The van der Waals surface area contributed by atoms with Crippen molar-refractivity contribution < 1.29 is 25.0 Å². The number of carboxylic acid groups (broad SMARTS) is 1. The lowest BCUT2D eigenvalue weighted by molar-refractivity contribution is -0.384. The molecule has 0 heterocycles. The highest BCUT2D eigenvalue weighted by molar-refractivity contribution is 5.65. The van der Waals surface area contributed by atoms with Gasteiger partial charge in [0.1, 0.15) is 0 Å². The van der Waals surface area contributed by atoms with E-state index in [4.69, 9.17) is 10.2 Å². The first-order valence-corrected chi connectivity index (χ1v) is 5.97. The van der Waals surface area contributed by atoms with E-state index in [9.17, 15) is 20.0 Å². The van der Waals surface area contributed by atoms with Gasteiger partial charge >= 0.3 is 6.09 Å². The van der Waals surface area contributed by atoms with Gasteiger partial charge in [0.25, 0.3) is 5.69 Å². The molecule has 0 fully saturated rings. The molecule has 0 radical (unpaired) electrons. The summed E-state index contributed by atoms with van der Waals surface area (Å²) in [7, 11) is 0. The first-order valence-electron chi connectivity index (χ1n) is 5.97. The Morgan fingerprint density at radius 1 is 1.35 bits per heavy atom. The zero-order valence-corrected chi connectivity index (χ0v) is 10.7. The number of hydrogen-bond acceptors (Lipinski definition) is 5. The van der Waals surface area contributed by atoms with Crippen LogP contribution in [0.5, 0.6) is 0 Å². The third-order valence-corrected chi connectivity index (χ3v) is 2.74. The van der Waals surface area contributed by atoms with Crippen LogP contribution in [0.2, 0.25) is 0 Å². The molecule has 0 aliphatic heterocycles. The molecule has 1 rings (SSSR count). The summed E-state index contributed by atoms with van der Waals surface area (Å²) >= 11 is 0. The molecule has 0 bridgehead atoms. The largest absolute Gasteiger partial charge is 0.465 e. The molecule has 3 N–H and O–H groups in total. The molecular formula is C12H16N2O6. The number of nitrogens with zero attached hydrogens (tertiary/aromatic N) is 2. The lowest BCUT2D eigenvalue weighted by Gasteiger charge is -2.22. The van der Waals surface area contributed by atoms with Crippen molar-refractivity contribution in [3.8, 4) is 0 Å². The summed E-state index contributed by atoms with van der Waals surface area (Å²) in [4.78, 5) is 21.9. The van der Waals surface area contributed by atoms with Gasteiger partial charge in [-0.15, -0.1) is 0 Å². The topological polar surface area (TPSA) is 124 Å². The first-order chi connectivity index (χ1) is 9.45. The Bertz CT molecular complexity index is 462. The van der Waals surface area contributed by atoms with Gasteiger partial charge in [0.2, 0.25) is 0 Å². The predicted octanol–water partition coefficient (Wildman–Crippen LogP) is 0.991. The normalized spacial score (nSPS) is 11.9. The van der Waals surface area contributed by atoms with Crippen LogP contribution in [0.25, 0.3) is 0 Å². The number of aliphatic hydroxyl groups is 2. The Morgan fingerprint density at radius 3 is 2.40 bits per heavy atom. The van der Waals surface area contributed by atoms with Crippen molar-refractivity contribution in [1.29, 1.82) is 0 Å². The summed E-state index contributed by atoms with van der Waals surface area (Å²) in [5.41, 5.74) is 0.294. The van der Waals surface area contributed by atoms with Crippen LogP contribution in [0.1, 0.15) is 18.1 Å². The smallest absolute Gasteiger partial charge is 0.407 e. The quantitative estimate of drug-likeness (QED) is 0.506. The van der Waals surface area contributed by atoms with E-state index in [2.05, 4.69) is 0 Å². The van der Waals surface area contributed by atoms with Crippen molar-refractivity contribution in [2.24, 2.45) is 0 Å². The summed E-state index contributed by atoms with van der Waals surface area (Å²) < 4.78 is 0. The fourth-order valence-corrected chi connectivity index (χ4v) is 1.66. The maximum Gasteiger partial charge on any atom is 0.407 e. The highest BCUT2D eigenvalue weighted by Gasteiger charge is 2.18. The number of nitro groups is 1. The Balaban J connectivity index is 2.70. The summed E-state index contributed by atoms with van der Waals surface area (Å²) in [5.74, 6) is 0. The zero-order valence-electron chi connectivity index (χ0n) is 10.7. The average molecular weight is 284 g/mol. The molecule has 8 nitrogen and oxygen atoms in total. The van der Waals surface area contributed by atoms with E-state index in [1.54, 1.807) is 0 Å². The number of benzene rings is 1. The molecule has 1 unspecified atom stereocenters.